The molecular formula is C13H6F3N3O2. The van der Waals surface area contributed by atoms with Crippen molar-refractivity contribution < 1.29 is 17.6 Å². The number of fused-ring (bicyclic) bond motifs is 1. The highest BCUT2D eigenvalue weighted by Crippen LogP contribution is 2.27. The number of hydrogen-bond acceptors (Lipinski definition) is 5. The highest BCUT2D eigenvalue weighted by Gasteiger charge is 2.37. The van der Waals surface area contributed by atoms with E-state index in [1.54, 1.807) is 30.3 Å². The van der Waals surface area contributed by atoms with E-state index in [0.29, 0.717) is 5.56 Å². The standard InChI is InChI=1S/C13H6F3N3O2/c14-13(15,16)12-18-8-6-17-10(7-4-2-1-3-5-7)19-9(8)11(20)21-12/h1-6H. The maximum Gasteiger partial charge on any atom is 0.469 e. The second-order valence-corrected chi connectivity index (χ2v) is 4.10. The number of benzene rings is 1. The SMILES string of the molecule is O=c1oc(C(F)(F)F)nc2cnc(-c3ccccc3)nc12. The van der Waals surface area contributed by atoms with E-state index < -0.39 is 17.7 Å². The molecule has 0 N–H and O–H groups in total. The van der Waals surface area contributed by atoms with Gasteiger partial charge in [0.15, 0.2) is 11.3 Å². The predicted octanol–water partition coefficient (Wildman–Crippen LogP) is 2.66. The highest BCUT2D eigenvalue weighted by molar-refractivity contribution is 5.74. The van der Waals surface area contributed by atoms with Crippen molar-refractivity contribution >= 4 is 11.0 Å². The van der Waals surface area contributed by atoms with Gasteiger partial charge in [-0.15, -0.1) is 0 Å². The van der Waals surface area contributed by atoms with E-state index in [1.165, 1.54) is 0 Å². The normalized spacial score (nSPS) is 11.8. The fraction of sp³-hybridized carbons (Fsp3) is 0.0769. The summed E-state index contributed by atoms with van der Waals surface area (Å²) in [6.07, 6.45) is -3.78. The summed E-state index contributed by atoms with van der Waals surface area (Å²) < 4.78 is 41.7. The molecule has 0 saturated heterocycles. The molecule has 0 saturated carbocycles. The molecule has 21 heavy (non-hydrogen) atoms. The molecule has 3 rings (SSSR count). The Labute approximate surface area is 115 Å². The van der Waals surface area contributed by atoms with Crippen LogP contribution in [-0.2, 0) is 6.18 Å². The minimum Gasteiger partial charge on any atom is -0.397 e. The lowest BCUT2D eigenvalue weighted by atomic mass is 10.2. The van der Waals surface area contributed by atoms with Crippen LogP contribution in [0.4, 0.5) is 13.2 Å². The maximum absolute atomic E-state index is 12.5. The molecule has 0 amide bonds. The van der Waals surface area contributed by atoms with Gasteiger partial charge in [-0.2, -0.15) is 13.2 Å². The molecule has 2 heterocycles. The van der Waals surface area contributed by atoms with Gasteiger partial charge in [-0.05, 0) is 0 Å². The topological polar surface area (TPSA) is 68.9 Å². The lowest BCUT2D eigenvalue weighted by molar-refractivity contribution is -0.158. The first-order valence-electron chi connectivity index (χ1n) is 5.75. The van der Waals surface area contributed by atoms with Gasteiger partial charge in [0.2, 0.25) is 0 Å². The first-order chi connectivity index (χ1) is 9.95. The number of hydrogen-bond donors (Lipinski definition) is 0. The summed E-state index contributed by atoms with van der Waals surface area (Å²) in [6, 6.07) is 8.70. The third-order valence-electron chi connectivity index (χ3n) is 2.65. The summed E-state index contributed by atoms with van der Waals surface area (Å²) in [4.78, 5) is 22.7. The largest absolute Gasteiger partial charge is 0.469 e. The molecule has 3 aromatic rings. The Morgan fingerprint density at radius 2 is 1.76 bits per heavy atom. The van der Waals surface area contributed by atoms with Crippen LogP contribution in [0.2, 0.25) is 0 Å². The minimum absolute atomic E-state index is 0.206. The third kappa shape index (κ3) is 2.47. The zero-order chi connectivity index (χ0) is 15.0. The fourth-order valence-corrected chi connectivity index (χ4v) is 1.72. The van der Waals surface area contributed by atoms with Crippen molar-refractivity contribution in [1.82, 2.24) is 15.0 Å². The Balaban J connectivity index is 2.20. The van der Waals surface area contributed by atoms with Gasteiger partial charge in [0.25, 0.3) is 0 Å². The Kier molecular flexibility index (Phi) is 2.93. The van der Waals surface area contributed by atoms with Crippen LogP contribution in [0.3, 0.4) is 0 Å². The smallest absolute Gasteiger partial charge is 0.397 e. The molecule has 1 aromatic carbocycles. The van der Waals surface area contributed by atoms with Gasteiger partial charge in [0, 0.05) is 5.56 Å². The molecule has 0 fully saturated rings. The van der Waals surface area contributed by atoms with Crippen molar-refractivity contribution in [3.63, 3.8) is 0 Å². The van der Waals surface area contributed by atoms with E-state index in [4.69, 9.17) is 0 Å². The predicted molar refractivity (Wildman–Crippen MR) is 66.3 cm³/mol. The van der Waals surface area contributed by atoms with Gasteiger partial charge in [0.05, 0.1) is 6.20 Å². The van der Waals surface area contributed by atoms with Crippen LogP contribution in [0.5, 0.6) is 0 Å². The summed E-state index contributed by atoms with van der Waals surface area (Å²) in [5.41, 5.74) is -1.14. The summed E-state index contributed by atoms with van der Waals surface area (Å²) in [5.74, 6) is -1.41. The van der Waals surface area contributed by atoms with E-state index in [1.807, 2.05) is 0 Å². The van der Waals surface area contributed by atoms with E-state index in [9.17, 15) is 18.0 Å². The molecule has 0 bridgehead atoms. The fourth-order valence-electron chi connectivity index (χ4n) is 1.72. The van der Waals surface area contributed by atoms with Crippen molar-refractivity contribution in [2.75, 3.05) is 0 Å². The van der Waals surface area contributed by atoms with Crippen LogP contribution in [0.1, 0.15) is 5.89 Å². The number of halogens is 3. The Morgan fingerprint density at radius 3 is 2.43 bits per heavy atom. The summed E-state index contributed by atoms with van der Waals surface area (Å²) in [7, 11) is 0. The van der Waals surface area contributed by atoms with Crippen LogP contribution in [0.15, 0.2) is 45.7 Å². The Hall–Kier alpha value is -2.77. The lowest BCUT2D eigenvalue weighted by Crippen LogP contribution is -2.15. The second kappa shape index (κ2) is 4.65. The first-order valence-corrected chi connectivity index (χ1v) is 5.75. The zero-order valence-corrected chi connectivity index (χ0v) is 10.3. The molecule has 0 aliphatic rings. The van der Waals surface area contributed by atoms with Crippen LogP contribution in [0.25, 0.3) is 22.4 Å². The first kappa shape index (κ1) is 13.2. The van der Waals surface area contributed by atoms with Crippen LogP contribution < -0.4 is 5.63 Å². The minimum atomic E-state index is -4.84. The number of nitrogens with zero attached hydrogens (tertiary/aromatic N) is 3. The molecule has 106 valence electrons. The molecule has 0 aliphatic carbocycles. The quantitative estimate of drug-likeness (QED) is 0.690. The Bertz CT molecular complexity index is 860. The number of rotatable bonds is 1. The van der Waals surface area contributed by atoms with Gasteiger partial charge < -0.3 is 4.42 Å². The van der Waals surface area contributed by atoms with Gasteiger partial charge in [-0.25, -0.2) is 19.7 Å². The highest BCUT2D eigenvalue weighted by atomic mass is 19.4. The van der Waals surface area contributed by atoms with Crippen LogP contribution in [-0.4, -0.2) is 15.0 Å². The molecule has 0 spiro atoms. The van der Waals surface area contributed by atoms with Gasteiger partial charge in [-0.1, -0.05) is 30.3 Å². The molecule has 0 unspecified atom stereocenters. The molecular weight excluding hydrogens is 287 g/mol. The number of alkyl halides is 3. The Morgan fingerprint density at radius 1 is 1.05 bits per heavy atom. The van der Waals surface area contributed by atoms with Crippen LogP contribution >= 0.6 is 0 Å². The summed E-state index contributed by atoms with van der Waals surface area (Å²) in [5, 5.41) is 0. The molecule has 5 nitrogen and oxygen atoms in total. The van der Waals surface area contributed by atoms with Gasteiger partial charge in [0.1, 0.15) is 5.52 Å². The van der Waals surface area contributed by atoms with E-state index >= 15 is 0 Å². The van der Waals surface area contributed by atoms with Crippen molar-refractivity contribution in [1.29, 1.82) is 0 Å². The van der Waals surface area contributed by atoms with E-state index in [0.717, 1.165) is 6.20 Å². The summed E-state index contributed by atoms with van der Waals surface area (Å²) >= 11 is 0. The molecule has 0 aliphatic heterocycles. The molecule has 0 radical (unpaired) electrons. The van der Waals surface area contributed by atoms with Crippen molar-refractivity contribution in [3.8, 4) is 11.4 Å². The average Bonchev–Trinajstić information content (AvgIpc) is 2.47. The van der Waals surface area contributed by atoms with Crippen molar-refractivity contribution in [2.24, 2.45) is 0 Å². The second-order valence-electron chi connectivity index (χ2n) is 4.10. The molecule has 2 aromatic heterocycles. The van der Waals surface area contributed by atoms with Gasteiger partial charge >= 0.3 is 17.7 Å². The monoisotopic (exact) mass is 293 g/mol. The molecule has 0 atom stereocenters. The van der Waals surface area contributed by atoms with Crippen molar-refractivity contribution in [3.05, 3.63) is 52.8 Å². The summed E-state index contributed by atoms with van der Waals surface area (Å²) in [6.45, 7) is 0. The van der Waals surface area contributed by atoms with Gasteiger partial charge in [-0.3, -0.25) is 0 Å². The maximum atomic E-state index is 12.5. The average molecular weight is 293 g/mol. The van der Waals surface area contributed by atoms with E-state index in [-0.39, 0.29) is 16.9 Å². The van der Waals surface area contributed by atoms with Crippen LogP contribution in [0, 0.1) is 0 Å². The number of aromatic nitrogens is 3. The zero-order valence-electron chi connectivity index (χ0n) is 10.3. The van der Waals surface area contributed by atoms with E-state index in [2.05, 4.69) is 19.4 Å². The third-order valence-corrected chi connectivity index (χ3v) is 2.65. The lowest BCUT2D eigenvalue weighted by Gasteiger charge is -2.05. The van der Waals surface area contributed by atoms with Crippen molar-refractivity contribution in [2.45, 2.75) is 6.18 Å². The molecule has 8 heteroatoms.